The van der Waals surface area contributed by atoms with Gasteiger partial charge >= 0.3 is 11.9 Å². The van der Waals surface area contributed by atoms with Crippen LogP contribution in [-0.4, -0.2) is 15.0 Å². The summed E-state index contributed by atoms with van der Waals surface area (Å²) < 4.78 is 37.6. The van der Waals surface area contributed by atoms with Gasteiger partial charge in [0, 0.05) is 18.0 Å². The molecular formula is C11H8F3N3O. The minimum atomic E-state index is -4.62. The molecule has 0 aromatic carbocycles. The van der Waals surface area contributed by atoms with Gasteiger partial charge in [-0.05, 0) is 24.6 Å². The number of hydrogen-bond donors (Lipinski definition) is 1. The lowest BCUT2D eigenvalue weighted by Crippen LogP contribution is -2.19. The van der Waals surface area contributed by atoms with Crippen LogP contribution < -0.4 is 5.69 Å². The quantitative estimate of drug-likeness (QED) is 0.849. The Labute approximate surface area is 99.5 Å². The molecule has 7 heteroatoms. The highest BCUT2D eigenvalue weighted by Gasteiger charge is 2.32. The van der Waals surface area contributed by atoms with Gasteiger partial charge in [-0.2, -0.15) is 18.2 Å². The predicted molar refractivity (Wildman–Crippen MR) is 57.8 cm³/mol. The molecule has 4 nitrogen and oxygen atoms in total. The van der Waals surface area contributed by atoms with Gasteiger partial charge < -0.3 is 4.98 Å². The van der Waals surface area contributed by atoms with E-state index in [1.165, 1.54) is 6.20 Å². The van der Waals surface area contributed by atoms with Crippen molar-refractivity contribution >= 4 is 0 Å². The van der Waals surface area contributed by atoms with Crippen LogP contribution in [0.2, 0.25) is 0 Å². The van der Waals surface area contributed by atoms with Gasteiger partial charge in [0.05, 0.1) is 5.69 Å². The molecule has 2 aromatic rings. The fourth-order valence-corrected chi connectivity index (χ4v) is 1.45. The summed E-state index contributed by atoms with van der Waals surface area (Å²) in [6.07, 6.45) is -1.70. The molecule has 2 rings (SSSR count). The zero-order chi connectivity index (χ0) is 13.3. The highest BCUT2D eigenvalue weighted by atomic mass is 19.4. The Balaban J connectivity index is 2.59. The molecule has 2 aromatic heterocycles. The van der Waals surface area contributed by atoms with Crippen molar-refractivity contribution in [3.8, 4) is 11.3 Å². The number of pyridine rings is 1. The van der Waals surface area contributed by atoms with E-state index in [0.29, 0.717) is 5.56 Å². The number of H-pyrrole nitrogens is 1. The topological polar surface area (TPSA) is 58.6 Å². The van der Waals surface area contributed by atoms with E-state index in [1.807, 2.05) is 0 Å². The number of alkyl halides is 3. The third kappa shape index (κ3) is 2.55. The number of nitrogens with zero attached hydrogens (tertiary/aromatic N) is 2. The molecule has 0 aliphatic heterocycles. The SMILES string of the molecule is Cc1cncc(-c2cc(C(F)(F)F)[nH]c(=O)n2)c1. The fourth-order valence-electron chi connectivity index (χ4n) is 1.45. The normalized spacial score (nSPS) is 11.6. The first kappa shape index (κ1) is 12.3. The molecule has 0 saturated carbocycles. The molecular weight excluding hydrogens is 247 g/mol. The molecule has 18 heavy (non-hydrogen) atoms. The summed E-state index contributed by atoms with van der Waals surface area (Å²) >= 11 is 0. The van der Waals surface area contributed by atoms with Crippen LogP contribution in [0.5, 0.6) is 0 Å². The minimum absolute atomic E-state index is 0.0534. The number of aryl methyl sites for hydroxylation is 1. The van der Waals surface area contributed by atoms with E-state index in [-0.39, 0.29) is 5.69 Å². The van der Waals surface area contributed by atoms with Crippen LogP contribution in [0, 0.1) is 6.92 Å². The number of rotatable bonds is 1. The Morgan fingerprint density at radius 1 is 1.22 bits per heavy atom. The van der Waals surface area contributed by atoms with E-state index in [4.69, 9.17) is 0 Å². The molecule has 94 valence electrons. The van der Waals surface area contributed by atoms with Crippen molar-refractivity contribution in [3.63, 3.8) is 0 Å². The number of hydrogen-bond acceptors (Lipinski definition) is 3. The summed E-state index contributed by atoms with van der Waals surface area (Å²) in [5, 5.41) is 0. The van der Waals surface area contributed by atoms with E-state index >= 15 is 0 Å². The van der Waals surface area contributed by atoms with Crippen molar-refractivity contribution in [2.24, 2.45) is 0 Å². The summed E-state index contributed by atoms with van der Waals surface area (Å²) in [6, 6.07) is 2.40. The second-order valence-corrected chi connectivity index (χ2v) is 3.73. The molecule has 2 heterocycles. The predicted octanol–water partition coefficient (Wildman–Crippen LogP) is 2.16. The zero-order valence-electron chi connectivity index (χ0n) is 9.25. The fraction of sp³-hybridized carbons (Fsp3) is 0.182. The van der Waals surface area contributed by atoms with Crippen LogP contribution in [0.1, 0.15) is 11.3 Å². The summed E-state index contributed by atoms with van der Waals surface area (Å²) in [4.78, 5) is 20.1. The highest BCUT2D eigenvalue weighted by molar-refractivity contribution is 5.58. The van der Waals surface area contributed by atoms with Crippen LogP contribution in [0.3, 0.4) is 0 Å². The minimum Gasteiger partial charge on any atom is -0.302 e. The van der Waals surface area contributed by atoms with Gasteiger partial charge in [0.2, 0.25) is 0 Å². The van der Waals surface area contributed by atoms with Gasteiger partial charge in [-0.3, -0.25) is 4.98 Å². The van der Waals surface area contributed by atoms with Gasteiger partial charge in [-0.25, -0.2) is 4.79 Å². The van der Waals surface area contributed by atoms with Crippen LogP contribution in [0.4, 0.5) is 13.2 Å². The molecule has 0 aliphatic carbocycles. The maximum Gasteiger partial charge on any atom is 0.431 e. The van der Waals surface area contributed by atoms with Gasteiger partial charge in [-0.1, -0.05) is 0 Å². The monoisotopic (exact) mass is 255 g/mol. The van der Waals surface area contributed by atoms with E-state index < -0.39 is 17.6 Å². The van der Waals surface area contributed by atoms with E-state index in [0.717, 1.165) is 11.6 Å². The molecule has 0 atom stereocenters. The molecule has 0 fully saturated rings. The molecule has 0 aliphatic rings. The van der Waals surface area contributed by atoms with Gasteiger partial charge in [0.1, 0.15) is 5.69 Å². The van der Waals surface area contributed by atoms with Gasteiger partial charge in [-0.15, -0.1) is 0 Å². The largest absolute Gasteiger partial charge is 0.431 e. The van der Waals surface area contributed by atoms with Crippen molar-refractivity contribution in [2.75, 3.05) is 0 Å². The van der Waals surface area contributed by atoms with Crippen molar-refractivity contribution in [2.45, 2.75) is 13.1 Å². The maximum atomic E-state index is 12.5. The lowest BCUT2D eigenvalue weighted by molar-refractivity contribution is -0.141. The first-order valence-corrected chi connectivity index (χ1v) is 4.97. The van der Waals surface area contributed by atoms with E-state index in [9.17, 15) is 18.0 Å². The van der Waals surface area contributed by atoms with Gasteiger partial charge in [0.15, 0.2) is 0 Å². The second kappa shape index (κ2) is 4.25. The first-order valence-electron chi connectivity index (χ1n) is 4.97. The number of aromatic nitrogens is 3. The average Bonchev–Trinajstić information content (AvgIpc) is 2.27. The smallest absolute Gasteiger partial charge is 0.302 e. The Morgan fingerprint density at radius 2 is 1.94 bits per heavy atom. The van der Waals surface area contributed by atoms with E-state index in [2.05, 4.69) is 9.97 Å². The molecule has 0 radical (unpaired) electrons. The number of nitrogens with one attached hydrogen (secondary N) is 1. The summed E-state index contributed by atoms with van der Waals surface area (Å²) in [7, 11) is 0. The summed E-state index contributed by atoms with van der Waals surface area (Å²) in [6.45, 7) is 1.74. The first-order chi connectivity index (χ1) is 8.36. The molecule has 0 spiro atoms. The lowest BCUT2D eigenvalue weighted by Gasteiger charge is -2.07. The maximum absolute atomic E-state index is 12.5. The summed E-state index contributed by atoms with van der Waals surface area (Å²) in [5.41, 5.74) is -1.09. The Kier molecular flexibility index (Phi) is 2.90. The number of halogens is 3. The van der Waals surface area contributed by atoms with Crippen molar-refractivity contribution in [1.82, 2.24) is 15.0 Å². The van der Waals surface area contributed by atoms with Gasteiger partial charge in [0.25, 0.3) is 0 Å². The lowest BCUT2D eigenvalue weighted by atomic mass is 10.1. The molecule has 0 unspecified atom stereocenters. The third-order valence-corrected chi connectivity index (χ3v) is 2.22. The highest BCUT2D eigenvalue weighted by Crippen LogP contribution is 2.28. The molecule has 0 bridgehead atoms. The Bertz CT molecular complexity index is 634. The molecule has 1 N–H and O–H groups in total. The zero-order valence-corrected chi connectivity index (χ0v) is 9.25. The van der Waals surface area contributed by atoms with Crippen LogP contribution in [0.15, 0.2) is 29.3 Å². The van der Waals surface area contributed by atoms with Crippen molar-refractivity contribution < 1.29 is 13.2 Å². The summed E-state index contributed by atoms with van der Waals surface area (Å²) in [5.74, 6) is 0. The van der Waals surface area contributed by atoms with Crippen LogP contribution in [-0.2, 0) is 6.18 Å². The van der Waals surface area contributed by atoms with Crippen LogP contribution >= 0.6 is 0 Å². The molecule has 0 saturated heterocycles. The Morgan fingerprint density at radius 3 is 2.56 bits per heavy atom. The van der Waals surface area contributed by atoms with Crippen LogP contribution in [0.25, 0.3) is 11.3 Å². The number of aromatic amines is 1. The molecule has 0 amide bonds. The van der Waals surface area contributed by atoms with E-state index in [1.54, 1.807) is 24.2 Å². The Hall–Kier alpha value is -2.18. The average molecular weight is 255 g/mol. The second-order valence-electron chi connectivity index (χ2n) is 3.73. The third-order valence-electron chi connectivity index (χ3n) is 2.22. The standard InChI is InChI=1S/C11H8F3N3O/c1-6-2-7(5-15-4-6)8-3-9(11(12,13)14)17-10(18)16-8/h2-5H,1H3,(H,16,17,18). The van der Waals surface area contributed by atoms with Crippen molar-refractivity contribution in [3.05, 3.63) is 46.3 Å². The van der Waals surface area contributed by atoms with Crippen molar-refractivity contribution in [1.29, 1.82) is 0 Å².